The summed E-state index contributed by atoms with van der Waals surface area (Å²) in [5.74, 6) is 0.415. The van der Waals surface area contributed by atoms with Crippen molar-refractivity contribution in [1.29, 1.82) is 0 Å². The molecule has 0 bridgehead atoms. The summed E-state index contributed by atoms with van der Waals surface area (Å²) in [6, 6.07) is 13.5. The zero-order chi connectivity index (χ0) is 25.0. The van der Waals surface area contributed by atoms with Crippen molar-refractivity contribution in [2.75, 3.05) is 19.0 Å². The van der Waals surface area contributed by atoms with Crippen molar-refractivity contribution < 1.29 is 27.5 Å². The SMILES string of the molecule is COc1ccc(NC(=O)[C@H]2CCCN2C(=O)NCc2ccc(-n3ccc(C(F)(F)F)n3)cc2)cc1. The molecule has 1 fully saturated rings. The molecule has 11 heteroatoms. The number of methoxy groups -OCH3 is 1. The molecule has 1 atom stereocenters. The third-order valence-electron chi connectivity index (χ3n) is 5.70. The minimum absolute atomic E-state index is 0.204. The zero-order valence-electron chi connectivity index (χ0n) is 18.9. The molecule has 1 aliphatic rings. The molecule has 2 N–H and O–H groups in total. The Labute approximate surface area is 199 Å². The number of ether oxygens (including phenoxy) is 1. The summed E-state index contributed by atoms with van der Waals surface area (Å²) in [4.78, 5) is 27.0. The highest BCUT2D eigenvalue weighted by Gasteiger charge is 2.34. The van der Waals surface area contributed by atoms with Gasteiger partial charge in [0.25, 0.3) is 0 Å². The highest BCUT2D eigenvalue weighted by Crippen LogP contribution is 2.28. The molecule has 0 unspecified atom stereocenters. The van der Waals surface area contributed by atoms with Gasteiger partial charge in [-0.25, -0.2) is 9.48 Å². The van der Waals surface area contributed by atoms with E-state index in [4.69, 9.17) is 4.74 Å². The van der Waals surface area contributed by atoms with Gasteiger partial charge in [-0.1, -0.05) is 12.1 Å². The van der Waals surface area contributed by atoms with Crippen LogP contribution in [-0.4, -0.2) is 46.3 Å². The number of nitrogens with one attached hydrogen (secondary N) is 2. The molecule has 3 aromatic rings. The van der Waals surface area contributed by atoms with Crippen molar-refractivity contribution in [3.8, 4) is 11.4 Å². The molecule has 0 saturated carbocycles. The third kappa shape index (κ3) is 5.73. The molecule has 8 nitrogen and oxygen atoms in total. The maximum absolute atomic E-state index is 12.8. The van der Waals surface area contributed by atoms with Gasteiger partial charge in [0.05, 0.1) is 12.8 Å². The maximum Gasteiger partial charge on any atom is 0.435 e. The van der Waals surface area contributed by atoms with Crippen LogP contribution in [-0.2, 0) is 17.5 Å². The molecule has 4 rings (SSSR count). The predicted octanol–water partition coefficient (Wildman–Crippen LogP) is 4.21. The number of urea groups is 1. The maximum atomic E-state index is 12.8. The first-order chi connectivity index (χ1) is 16.7. The van der Waals surface area contributed by atoms with E-state index in [1.165, 1.54) is 11.1 Å². The second kappa shape index (κ2) is 10.1. The van der Waals surface area contributed by atoms with Gasteiger partial charge in [-0.05, 0) is 60.9 Å². The lowest BCUT2D eigenvalue weighted by Crippen LogP contribution is -2.47. The lowest BCUT2D eigenvalue weighted by Gasteiger charge is -2.24. The van der Waals surface area contributed by atoms with Crippen LogP contribution in [0.5, 0.6) is 5.75 Å². The van der Waals surface area contributed by atoms with Gasteiger partial charge in [-0.3, -0.25) is 4.79 Å². The second-order valence-corrected chi connectivity index (χ2v) is 8.04. The summed E-state index contributed by atoms with van der Waals surface area (Å²) in [6.07, 6.45) is -1.99. The molecular weight excluding hydrogens is 463 g/mol. The molecule has 2 aromatic carbocycles. The van der Waals surface area contributed by atoms with Gasteiger partial charge in [-0.2, -0.15) is 18.3 Å². The minimum Gasteiger partial charge on any atom is -0.497 e. The number of carbonyl (C=O) groups excluding carboxylic acids is 2. The number of benzene rings is 2. The van der Waals surface area contributed by atoms with E-state index in [1.54, 1.807) is 55.6 Å². The molecule has 184 valence electrons. The Morgan fingerprint density at radius 2 is 1.80 bits per heavy atom. The van der Waals surface area contributed by atoms with Gasteiger partial charge in [0, 0.05) is 25.0 Å². The van der Waals surface area contributed by atoms with Crippen molar-refractivity contribution in [2.45, 2.75) is 31.6 Å². The van der Waals surface area contributed by atoms with Crippen LogP contribution >= 0.6 is 0 Å². The minimum atomic E-state index is -4.51. The number of hydrogen-bond donors (Lipinski definition) is 2. The van der Waals surface area contributed by atoms with Crippen LogP contribution in [0.2, 0.25) is 0 Å². The molecule has 1 aliphatic heterocycles. The average Bonchev–Trinajstić information content (AvgIpc) is 3.54. The van der Waals surface area contributed by atoms with E-state index in [9.17, 15) is 22.8 Å². The van der Waals surface area contributed by atoms with Crippen LogP contribution in [0.4, 0.5) is 23.7 Å². The van der Waals surface area contributed by atoms with Crippen molar-refractivity contribution in [2.24, 2.45) is 0 Å². The quantitative estimate of drug-likeness (QED) is 0.545. The molecule has 3 amide bonds. The fraction of sp³-hybridized carbons (Fsp3) is 0.292. The molecule has 0 radical (unpaired) electrons. The standard InChI is InChI=1S/C24H24F3N5O3/c1-35-19-10-6-17(7-11-19)29-22(33)20-3-2-13-31(20)23(34)28-15-16-4-8-18(9-5-16)32-14-12-21(30-32)24(25,26)27/h4-12,14,20H,2-3,13,15H2,1H3,(H,28,34)(H,29,33)/t20-/m1/s1. The Kier molecular flexibility index (Phi) is 6.94. The lowest BCUT2D eigenvalue weighted by molar-refractivity contribution is -0.141. The van der Waals surface area contributed by atoms with E-state index in [-0.39, 0.29) is 18.5 Å². The van der Waals surface area contributed by atoms with Crippen LogP contribution < -0.4 is 15.4 Å². The van der Waals surface area contributed by atoms with Crippen molar-refractivity contribution in [1.82, 2.24) is 20.0 Å². The van der Waals surface area contributed by atoms with Gasteiger partial charge in [0.15, 0.2) is 5.69 Å². The van der Waals surface area contributed by atoms with E-state index in [0.717, 1.165) is 16.3 Å². The first-order valence-corrected chi connectivity index (χ1v) is 11.0. The number of rotatable bonds is 6. The Bertz CT molecular complexity index is 1180. The van der Waals surface area contributed by atoms with Gasteiger partial charge < -0.3 is 20.3 Å². The molecule has 1 aromatic heterocycles. The fourth-order valence-electron chi connectivity index (χ4n) is 3.85. The summed E-state index contributed by atoms with van der Waals surface area (Å²) in [7, 11) is 1.56. The van der Waals surface area contributed by atoms with Crippen molar-refractivity contribution >= 4 is 17.6 Å². The van der Waals surface area contributed by atoms with Crippen molar-refractivity contribution in [3.63, 3.8) is 0 Å². The number of likely N-dealkylation sites (tertiary alicyclic amines) is 1. The number of alkyl halides is 3. The van der Waals surface area contributed by atoms with Gasteiger partial charge in [-0.15, -0.1) is 0 Å². The average molecular weight is 487 g/mol. The van der Waals surface area contributed by atoms with E-state index in [2.05, 4.69) is 15.7 Å². The lowest BCUT2D eigenvalue weighted by atomic mass is 10.2. The third-order valence-corrected chi connectivity index (χ3v) is 5.70. The number of hydrogen-bond acceptors (Lipinski definition) is 4. The molecule has 1 saturated heterocycles. The number of amides is 3. The number of carbonyl (C=O) groups is 2. The Morgan fingerprint density at radius 3 is 2.43 bits per heavy atom. The van der Waals surface area contributed by atoms with Crippen LogP contribution in [0.25, 0.3) is 5.69 Å². The fourth-order valence-corrected chi connectivity index (χ4v) is 3.85. The summed E-state index contributed by atoms with van der Waals surface area (Å²) < 4.78 is 44.5. The molecular formula is C24H24F3N5O3. The van der Waals surface area contributed by atoms with E-state index >= 15 is 0 Å². The van der Waals surface area contributed by atoms with Crippen LogP contribution in [0.3, 0.4) is 0 Å². The Balaban J connectivity index is 1.32. The van der Waals surface area contributed by atoms with Crippen LogP contribution in [0, 0.1) is 0 Å². The van der Waals surface area contributed by atoms with Gasteiger partial charge in [0.1, 0.15) is 11.8 Å². The zero-order valence-corrected chi connectivity index (χ0v) is 18.9. The highest BCUT2D eigenvalue weighted by molar-refractivity contribution is 5.97. The number of nitrogens with zero attached hydrogens (tertiary/aromatic N) is 3. The van der Waals surface area contributed by atoms with E-state index in [1.807, 2.05) is 0 Å². The second-order valence-electron chi connectivity index (χ2n) is 8.04. The summed E-state index contributed by atoms with van der Waals surface area (Å²) in [5.41, 5.74) is 0.863. The smallest absolute Gasteiger partial charge is 0.435 e. The first kappa shape index (κ1) is 24.1. The number of aromatic nitrogens is 2. The Morgan fingerprint density at radius 1 is 1.09 bits per heavy atom. The largest absolute Gasteiger partial charge is 0.497 e. The monoisotopic (exact) mass is 487 g/mol. The van der Waals surface area contributed by atoms with E-state index in [0.29, 0.717) is 36.5 Å². The predicted molar refractivity (Wildman–Crippen MR) is 122 cm³/mol. The summed E-state index contributed by atoms with van der Waals surface area (Å²) in [5, 5.41) is 9.18. The van der Waals surface area contributed by atoms with Crippen LogP contribution in [0.1, 0.15) is 24.1 Å². The molecule has 35 heavy (non-hydrogen) atoms. The number of halogens is 3. The molecule has 0 aliphatic carbocycles. The first-order valence-electron chi connectivity index (χ1n) is 11.0. The molecule has 2 heterocycles. The van der Waals surface area contributed by atoms with Crippen LogP contribution in [0.15, 0.2) is 60.8 Å². The topological polar surface area (TPSA) is 88.5 Å². The summed E-state index contributed by atoms with van der Waals surface area (Å²) in [6.45, 7) is 0.668. The number of anilines is 1. The summed E-state index contributed by atoms with van der Waals surface area (Å²) >= 11 is 0. The molecule has 0 spiro atoms. The van der Waals surface area contributed by atoms with Gasteiger partial charge in [0.2, 0.25) is 5.91 Å². The van der Waals surface area contributed by atoms with E-state index < -0.39 is 17.9 Å². The normalized spacial score (nSPS) is 15.7. The van der Waals surface area contributed by atoms with Gasteiger partial charge >= 0.3 is 12.2 Å². The highest BCUT2D eigenvalue weighted by atomic mass is 19.4. The Hall–Kier alpha value is -4.02. The van der Waals surface area contributed by atoms with Crippen molar-refractivity contribution in [3.05, 3.63) is 72.1 Å².